The molecule has 0 saturated heterocycles. The van der Waals surface area contributed by atoms with Crippen molar-refractivity contribution < 1.29 is 22.7 Å². The first-order chi connectivity index (χ1) is 18.7. The van der Waals surface area contributed by atoms with Gasteiger partial charge in [0.2, 0.25) is 5.91 Å². The smallest absolute Gasteiger partial charge is 0.264 e. The first-order valence-electron chi connectivity index (χ1n) is 12.4. The molecule has 10 nitrogen and oxygen atoms in total. The van der Waals surface area contributed by atoms with Crippen LogP contribution in [0.15, 0.2) is 82.8 Å². The Bertz CT molecular complexity index is 1390. The Kier molecular flexibility index (Phi) is 10.0. The Labute approximate surface area is 229 Å². The number of nitrogens with one attached hydrogen (secondary N) is 2. The fourth-order valence-electron chi connectivity index (χ4n) is 3.81. The lowest BCUT2D eigenvalue weighted by atomic mass is 10.2. The number of carbonyl (C=O) groups is 2. The van der Waals surface area contributed by atoms with E-state index in [1.54, 1.807) is 24.3 Å². The monoisotopic (exact) mass is 551 g/mol. The van der Waals surface area contributed by atoms with Gasteiger partial charge in [0, 0.05) is 31.4 Å². The zero-order chi connectivity index (χ0) is 28.4. The number of rotatable bonds is 12. The predicted molar refractivity (Wildman–Crippen MR) is 154 cm³/mol. The van der Waals surface area contributed by atoms with Gasteiger partial charge in [0.1, 0.15) is 12.3 Å². The number of hydrazone groups is 1. The number of benzene rings is 3. The molecular formula is C28H33N5O5S. The highest BCUT2D eigenvalue weighted by Gasteiger charge is 2.27. The minimum atomic E-state index is -4.15. The van der Waals surface area contributed by atoms with Gasteiger partial charge in [-0.3, -0.25) is 13.9 Å². The summed E-state index contributed by atoms with van der Waals surface area (Å²) in [5.74, 6) is -0.361. The zero-order valence-electron chi connectivity index (χ0n) is 22.4. The van der Waals surface area contributed by atoms with Crippen LogP contribution in [0.3, 0.4) is 0 Å². The Hall–Kier alpha value is -4.38. The third kappa shape index (κ3) is 7.81. The molecule has 206 valence electrons. The second-order valence-electron chi connectivity index (χ2n) is 8.47. The number of methoxy groups -OCH3 is 1. The van der Waals surface area contributed by atoms with Gasteiger partial charge in [-0.25, -0.2) is 13.8 Å². The largest absolute Gasteiger partial charge is 0.497 e. The Balaban J connectivity index is 1.79. The Morgan fingerprint density at radius 1 is 0.897 bits per heavy atom. The molecule has 0 aliphatic rings. The number of hydrogen-bond donors (Lipinski definition) is 2. The van der Waals surface area contributed by atoms with Gasteiger partial charge in [0.05, 0.1) is 23.9 Å². The molecule has 0 spiro atoms. The maximum atomic E-state index is 13.6. The van der Waals surface area contributed by atoms with Crippen LogP contribution in [0.5, 0.6) is 5.75 Å². The molecule has 0 aliphatic heterocycles. The van der Waals surface area contributed by atoms with Crippen LogP contribution in [0.4, 0.5) is 17.1 Å². The standard InChI is InChI=1S/C28H33N5O5S/c1-5-32(6-2)24-11-7-22(8-12-24)19-29-31-28(35)20-33(25-13-15-26(38-4)16-14-25)39(36,37)27-17-9-23(10-18-27)30-21(3)34/h7-19H,5-6,20H2,1-4H3,(H,30,34)(H,31,35)/b29-19-. The van der Waals surface area contributed by atoms with Crippen molar-refractivity contribution in [2.24, 2.45) is 5.10 Å². The Morgan fingerprint density at radius 3 is 2.03 bits per heavy atom. The number of anilines is 3. The summed E-state index contributed by atoms with van der Waals surface area (Å²) in [6.45, 7) is 6.81. The molecule has 0 radical (unpaired) electrons. The first-order valence-corrected chi connectivity index (χ1v) is 13.8. The van der Waals surface area contributed by atoms with E-state index in [0.717, 1.165) is 28.6 Å². The highest BCUT2D eigenvalue weighted by Crippen LogP contribution is 2.26. The second kappa shape index (κ2) is 13.4. The molecule has 39 heavy (non-hydrogen) atoms. The quantitative estimate of drug-likeness (QED) is 0.261. The van der Waals surface area contributed by atoms with Crippen molar-refractivity contribution in [3.8, 4) is 5.75 Å². The van der Waals surface area contributed by atoms with E-state index in [2.05, 4.69) is 34.6 Å². The molecule has 0 fully saturated rings. The lowest BCUT2D eigenvalue weighted by Crippen LogP contribution is -2.39. The normalized spacial score (nSPS) is 11.2. The molecule has 0 bridgehead atoms. The van der Waals surface area contributed by atoms with Gasteiger partial charge in [-0.15, -0.1) is 0 Å². The molecule has 2 amide bonds. The molecule has 0 aromatic heterocycles. The Morgan fingerprint density at radius 2 is 1.49 bits per heavy atom. The van der Waals surface area contributed by atoms with Crippen LogP contribution in [0.2, 0.25) is 0 Å². The minimum absolute atomic E-state index is 0.0444. The van der Waals surface area contributed by atoms with Crippen LogP contribution < -0.4 is 24.7 Å². The van der Waals surface area contributed by atoms with E-state index in [9.17, 15) is 18.0 Å². The fraction of sp³-hybridized carbons (Fsp3) is 0.250. The van der Waals surface area contributed by atoms with Gasteiger partial charge in [-0.05, 0) is 80.1 Å². The molecule has 0 unspecified atom stereocenters. The summed E-state index contributed by atoms with van der Waals surface area (Å²) >= 11 is 0. The van der Waals surface area contributed by atoms with E-state index in [-0.39, 0.29) is 16.5 Å². The molecule has 0 atom stereocenters. The third-order valence-corrected chi connectivity index (χ3v) is 7.62. The van der Waals surface area contributed by atoms with E-state index >= 15 is 0 Å². The minimum Gasteiger partial charge on any atom is -0.497 e. The van der Waals surface area contributed by atoms with Gasteiger partial charge in [0.15, 0.2) is 0 Å². The maximum Gasteiger partial charge on any atom is 0.264 e. The van der Waals surface area contributed by atoms with Crippen molar-refractivity contribution in [2.75, 3.05) is 41.3 Å². The summed E-state index contributed by atoms with van der Waals surface area (Å²) in [5.41, 5.74) is 5.01. The van der Waals surface area contributed by atoms with Crippen LogP contribution in [0.1, 0.15) is 26.3 Å². The molecule has 0 aliphatic carbocycles. The third-order valence-electron chi connectivity index (χ3n) is 5.83. The van der Waals surface area contributed by atoms with Gasteiger partial charge in [0.25, 0.3) is 15.9 Å². The lowest BCUT2D eigenvalue weighted by molar-refractivity contribution is -0.119. The predicted octanol–water partition coefficient (Wildman–Crippen LogP) is 3.85. The molecular weight excluding hydrogens is 518 g/mol. The molecule has 3 rings (SSSR count). The summed E-state index contributed by atoms with van der Waals surface area (Å²) in [6.07, 6.45) is 1.50. The molecule has 0 saturated carbocycles. The number of carbonyl (C=O) groups excluding carboxylic acids is 2. The number of ether oxygens (including phenoxy) is 1. The van der Waals surface area contributed by atoms with Crippen LogP contribution in [0, 0.1) is 0 Å². The second-order valence-corrected chi connectivity index (χ2v) is 10.3. The van der Waals surface area contributed by atoms with Crippen molar-refractivity contribution in [1.29, 1.82) is 0 Å². The van der Waals surface area contributed by atoms with Crippen molar-refractivity contribution >= 4 is 45.1 Å². The van der Waals surface area contributed by atoms with Crippen LogP contribution in [-0.4, -0.2) is 53.2 Å². The molecule has 3 aromatic rings. The maximum absolute atomic E-state index is 13.6. The van der Waals surface area contributed by atoms with E-state index < -0.39 is 22.5 Å². The van der Waals surface area contributed by atoms with Crippen molar-refractivity contribution in [3.05, 3.63) is 78.4 Å². The number of sulfonamides is 1. The number of amides is 2. The van der Waals surface area contributed by atoms with Gasteiger partial charge >= 0.3 is 0 Å². The molecule has 11 heteroatoms. The van der Waals surface area contributed by atoms with Gasteiger partial charge < -0.3 is 15.0 Å². The van der Waals surface area contributed by atoms with Gasteiger partial charge in [-0.1, -0.05) is 12.1 Å². The highest BCUT2D eigenvalue weighted by atomic mass is 32.2. The van der Waals surface area contributed by atoms with Crippen LogP contribution in [0.25, 0.3) is 0 Å². The number of nitrogens with zero attached hydrogens (tertiary/aromatic N) is 3. The highest BCUT2D eigenvalue weighted by molar-refractivity contribution is 7.92. The van der Waals surface area contributed by atoms with E-state index in [4.69, 9.17) is 4.74 Å². The molecule has 2 N–H and O–H groups in total. The van der Waals surface area contributed by atoms with E-state index in [1.165, 1.54) is 44.5 Å². The number of hydrogen-bond acceptors (Lipinski definition) is 7. The lowest BCUT2D eigenvalue weighted by Gasteiger charge is -2.24. The molecule has 0 heterocycles. The average Bonchev–Trinajstić information content (AvgIpc) is 2.93. The first kappa shape index (κ1) is 29.2. The summed E-state index contributed by atoms with van der Waals surface area (Å²) in [5, 5.41) is 6.60. The van der Waals surface area contributed by atoms with Crippen LogP contribution >= 0.6 is 0 Å². The average molecular weight is 552 g/mol. The van der Waals surface area contributed by atoms with Crippen molar-refractivity contribution in [2.45, 2.75) is 25.7 Å². The SMILES string of the molecule is CCN(CC)c1ccc(/C=N\NC(=O)CN(c2ccc(OC)cc2)S(=O)(=O)c2ccc(NC(C)=O)cc2)cc1. The molecule has 3 aromatic carbocycles. The summed E-state index contributed by atoms with van der Waals surface area (Å²) in [6, 6.07) is 19.8. The summed E-state index contributed by atoms with van der Waals surface area (Å²) in [7, 11) is -2.64. The summed E-state index contributed by atoms with van der Waals surface area (Å²) in [4.78, 5) is 26.3. The van der Waals surface area contributed by atoms with Gasteiger partial charge in [-0.2, -0.15) is 5.10 Å². The van der Waals surface area contributed by atoms with E-state index in [1.807, 2.05) is 24.3 Å². The fourth-order valence-corrected chi connectivity index (χ4v) is 5.23. The summed E-state index contributed by atoms with van der Waals surface area (Å²) < 4.78 is 33.3. The van der Waals surface area contributed by atoms with E-state index in [0.29, 0.717) is 11.4 Å². The topological polar surface area (TPSA) is 120 Å². The van der Waals surface area contributed by atoms with Crippen LogP contribution in [-0.2, 0) is 19.6 Å². The van der Waals surface area contributed by atoms with Crippen molar-refractivity contribution in [3.63, 3.8) is 0 Å². The zero-order valence-corrected chi connectivity index (χ0v) is 23.2. The van der Waals surface area contributed by atoms with Crippen molar-refractivity contribution in [1.82, 2.24) is 5.43 Å².